The van der Waals surface area contributed by atoms with Crippen molar-refractivity contribution in [1.82, 2.24) is 15.1 Å². The largest absolute Gasteiger partial charge is 0.313 e. The van der Waals surface area contributed by atoms with Crippen LogP contribution in [-0.4, -0.2) is 61.2 Å². The van der Waals surface area contributed by atoms with Crippen molar-refractivity contribution in [2.75, 3.05) is 39.3 Å². The number of nitrogens with zero attached hydrogens (tertiary/aromatic N) is 2. The summed E-state index contributed by atoms with van der Waals surface area (Å²) in [7, 11) is 0. The molecule has 3 nitrogen and oxygen atoms in total. The monoisotopic (exact) mass is 293 g/mol. The average Bonchev–Trinajstić information content (AvgIpc) is 2.97. The van der Waals surface area contributed by atoms with E-state index in [-0.39, 0.29) is 0 Å². The quantitative estimate of drug-likeness (QED) is 0.841. The van der Waals surface area contributed by atoms with Gasteiger partial charge in [0.25, 0.3) is 0 Å². The molecule has 21 heavy (non-hydrogen) atoms. The van der Waals surface area contributed by atoms with Gasteiger partial charge >= 0.3 is 0 Å². The van der Waals surface area contributed by atoms with Gasteiger partial charge in [0.15, 0.2) is 0 Å². The molecule has 122 valence electrons. The van der Waals surface area contributed by atoms with Crippen molar-refractivity contribution in [1.29, 1.82) is 0 Å². The van der Waals surface area contributed by atoms with Gasteiger partial charge < -0.3 is 10.2 Å². The maximum Gasteiger partial charge on any atom is 0.0235 e. The Bertz CT molecular complexity index is 301. The predicted molar refractivity (Wildman–Crippen MR) is 89.7 cm³/mol. The van der Waals surface area contributed by atoms with Crippen LogP contribution in [0.3, 0.4) is 0 Å². The minimum atomic E-state index is 0.800. The molecule has 3 aliphatic rings. The molecule has 2 aliphatic heterocycles. The van der Waals surface area contributed by atoms with Crippen molar-refractivity contribution in [3.8, 4) is 0 Å². The maximum absolute atomic E-state index is 3.82. The van der Waals surface area contributed by atoms with Gasteiger partial charge in [0.2, 0.25) is 0 Å². The van der Waals surface area contributed by atoms with Crippen molar-refractivity contribution < 1.29 is 0 Å². The first-order chi connectivity index (χ1) is 10.3. The molecule has 1 aliphatic carbocycles. The number of likely N-dealkylation sites (tertiary alicyclic amines) is 2. The molecule has 3 rings (SSSR count). The van der Waals surface area contributed by atoms with Gasteiger partial charge in [-0.15, -0.1) is 0 Å². The van der Waals surface area contributed by atoms with Crippen LogP contribution in [0.25, 0.3) is 0 Å². The zero-order valence-electron chi connectivity index (χ0n) is 14.0. The minimum absolute atomic E-state index is 0.800. The third-order valence-electron chi connectivity index (χ3n) is 5.95. The minimum Gasteiger partial charge on any atom is -0.313 e. The third kappa shape index (κ3) is 4.67. The van der Waals surface area contributed by atoms with Gasteiger partial charge in [-0.25, -0.2) is 0 Å². The molecule has 0 aromatic rings. The third-order valence-corrected chi connectivity index (χ3v) is 5.95. The Balaban J connectivity index is 1.31. The summed E-state index contributed by atoms with van der Waals surface area (Å²) in [5.74, 6) is 0.937. The van der Waals surface area contributed by atoms with Gasteiger partial charge in [-0.1, -0.05) is 26.2 Å². The maximum atomic E-state index is 3.82. The molecular weight excluding hydrogens is 258 g/mol. The Morgan fingerprint density at radius 2 is 1.81 bits per heavy atom. The lowest BCUT2D eigenvalue weighted by molar-refractivity contribution is 0.162. The molecule has 3 fully saturated rings. The molecule has 1 N–H and O–H groups in total. The second-order valence-electron chi connectivity index (χ2n) is 7.76. The summed E-state index contributed by atoms with van der Waals surface area (Å²) >= 11 is 0. The van der Waals surface area contributed by atoms with Gasteiger partial charge in [-0.2, -0.15) is 0 Å². The molecule has 0 radical (unpaired) electrons. The molecule has 0 spiro atoms. The number of rotatable bonds is 5. The first kappa shape index (κ1) is 15.8. The predicted octanol–water partition coefficient (Wildman–Crippen LogP) is 2.71. The molecule has 0 amide bonds. The highest BCUT2D eigenvalue weighted by Gasteiger charge is 2.28. The fourth-order valence-corrected chi connectivity index (χ4v) is 4.64. The molecule has 0 aromatic heterocycles. The van der Waals surface area contributed by atoms with E-state index in [0.717, 1.165) is 18.0 Å². The van der Waals surface area contributed by atoms with E-state index in [0.29, 0.717) is 0 Å². The van der Waals surface area contributed by atoms with E-state index in [1.807, 2.05) is 0 Å². The van der Waals surface area contributed by atoms with Gasteiger partial charge in [-0.05, 0) is 57.7 Å². The summed E-state index contributed by atoms with van der Waals surface area (Å²) in [6.45, 7) is 10.2. The van der Waals surface area contributed by atoms with Crippen LogP contribution in [-0.2, 0) is 0 Å². The Hall–Kier alpha value is -0.120. The molecule has 3 heteroatoms. The lowest BCUT2D eigenvalue weighted by Crippen LogP contribution is -2.42. The Morgan fingerprint density at radius 1 is 0.952 bits per heavy atom. The summed E-state index contributed by atoms with van der Waals surface area (Å²) in [6.07, 6.45) is 11.4. The molecule has 2 heterocycles. The summed E-state index contributed by atoms with van der Waals surface area (Å²) in [5.41, 5.74) is 0. The number of piperidine rings is 1. The van der Waals surface area contributed by atoms with E-state index in [1.165, 1.54) is 90.6 Å². The summed E-state index contributed by atoms with van der Waals surface area (Å²) in [5, 5.41) is 3.82. The average molecular weight is 293 g/mol. The fraction of sp³-hybridized carbons (Fsp3) is 1.00. The molecule has 3 atom stereocenters. The second-order valence-corrected chi connectivity index (χ2v) is 7.76. The highest BCUT2D eigenvalue weighted by atomic mass is 15.3. The lowest BCUT2D eigenvalue weighted by Gasteiger charge is -2.32. The van der Waals surface area contributed by atoms with E-state index in [4.69, 9.17) is 0 Å². The van der Waals surface area contributed by atoms with E-state index in [1.54, 1.807) is 0 Å². The first-order valence-electron chi connectivity index (χ1n) is 9.51. The molecular formula is C18H35N3. The Kier molecular flexibility index (Phi) is 5.96. The zero-order chi connectivity index (χ0) is 14.5. The van der Waals surface area contributed by atoms with Gasteiger partial charge in [0.05, 0.1) is 0 Å². The van der Waals surface area contributed by atoms with Crippen LogP contribution in [0.15, 0.2) is 0 Å². The van der Waals surface area contributed by atoms with Crippen LogP contribution >= 0.6 is 0 Å². The van der Waals surface area contributed by atoms with Crippen LogP contribution in [0.2, 0.25) is 0 Å². The second kappa shape index (κ2) is 7.94. The standard InChI is InChI=1S/C18H35N3/c1-16-6-5-7-17(14-16)19-9-13-20-12-8-18(15-20)21-10-3-2-4-11-21/h16-19H,2-15H2,1H3. The van der Waals surface area contributed by atoms with Crippen LogP contribution in [0.5, 0.6) is 0 Å². The number of nitrogens with one attached hydrogen (secondary N) is 1. The van der Waals surface area contributed by atoms with E-state index < -0.39 is 0 Å². The smallest absolute Gasteiger partial charge is 0.0235 e. The van der Waals surface area contributed by atoms with Crippen LogP contribution in [0.1, 0.15) is 58.3 Å². The Labute approximate surface area is 131 Å². The fourth-order valence-electron chi connectivity index (χ4n) is 4.64. The van der Waals surface area contributed by atoms with Crippen molar-refractivity contribution in [3.63, 3.8) is 0 Å². The lowest BCUT2D eigenvalue weighted by atomic mass is 9.87. The van der Waals surface area contributed by atoms with Crippen LogP contribution in [0, 0.1) is 5.92 Å². The zero-order valence-corrected chi connectivity index (χ0v) is 14.0. The molecule has 0 aromatic carbocycles. The van der Waals surface area contributed by atoms with Crippen molar-refractivity contribution in [3.05, 3.63) is 0 Å². The van der Waals surface area contributed by atoms with Crippen molar-refractivity contribution in [2.24, 2.45) is 5.92 Å². The molecule has 2 saturated heterocycles. The van der Waals surface area contributed by atoms with E-state index in [2.05, 4.69) is 22.0 Å². The normalized spacial score (nSPS) is 36.1. The summed E-state index contributed by atoms with van der Waals surface area (Å²) in [6, 6.07) is 1.66. The molecule has 0 bridgehead atoms. The van der Waals surface area contributed by atoms with Crippen LogP contribution in [0.4, 0.5) is 0 Å². The Morgan fingerprint density at radius 3 is 2.62 bits per heavy atom. The molecule has 1 saturated carbocycles. The van der Waals surface area contributed by atoms with Crippen molar-refractivity contribution in [2.45, 2.75) is 70.4 Å². The van der Waals surface area contributed by atoms with Crippen molar-refractivity contribution >= 4 is 0 Å². The first-order valence-corrected chi connectivity index (χ1v) is 9.51. The van der Waals surface area contributed by atoms with Gasteiger partial charge in [0, 0.05) is 31.7 Å². The molecule has 3 unspecified atom stereocenters. The summed E-state index contributed by atoms with van der Waals surface area (Å²) in [4.78, 5) is 5.46. The number of hydrogen-bond acceptors (Lipinski definition) is 3. The van der Waals surface area contributed by atoms with E-state index >= 15 is 0 Å². The van der Waals surface area contributed by atoms with E-state index in [9.17, 15) is 0 Å². The number of hydrogen-bond donors (Lipinski definition) is 1. The van der Waals surface area contributed by atoms with Gasteiger partial charge in [0.1, 0.15) is 0 Å². The highest BCUT2D eigenvalue weighted by molar-refractivity contribution is 4.85. The topological polar surface area (TPSA) is 18.5 Å². The highest BCUT2D eigenvalue weighted by Crippen LogP contribution is 2.23. The van der Waals surface area contributed by atoms with Gasteiger partial charge in [-0.3, -0.25) is 4.90 Å². The summed E-state index contributed by atoms with van der Waals surface area (Å²) < 4.78 is 0. The SMILES string of the molecule is CC1CCCC(NCCN2CCC(N3CCCCC3)C2)C1. The van der Waals surface area contributed by atoms with Crippen LogP contribution < -0.4 is 5.32 Å².